The van der Waals surface area contributed by atoms with E-state index in [9.17, 15) is 0 Å². The van der Waals surface area contributed by atoms with Crippen molar-refractivity contribution in [2.75, 3.05) is 12.4 Å². The summed E-state index contributed by atoms with van der Waals surface area (Å²) in [4.78, 5) is 0. The average molecular weight is 321 g/mol. The van der Waals surface area contributed by atoms with Gasteiger partial charge in [-0.05, 0) is 52.6 Å². The number of ether oxygens (including phenoxy) is 1. The van der Waals surface area contributed by atoms with Crippen molar-refractivity contribution in [3.63, 3.8) is 0 Å². The molecule has 0 unspecified atom stereocenters. The number of benzene rings is 2. The molecular formula is C18H19N5O. The van der Waals surface area contributed by atoms with Gasteiger partial charge in [0.05, 0.1) is 19.2 Å². The molecule has 1 aromatic heterocycles. The van der Waals surface area contributed by atoms with Crippen molar-refractivity contribution in [3.8, 4) is 5.75 Å². The number of anilines is 1. The minimum Gasteiger partial charge on any atom is -0.497 e. The molecule has 3 aromatic rings. The quantitative estimate of drug-likeness (QED) is 0.803. The maximum atomic E-state index is 5.36. The molecule has 1 N–H and O–H groups in total. The van der Waals surface area contributed by atoms with E-state index in [4.69, 9.17) is 4.74 Å². The fourth-order valence-corrected chi connectivity index (χ4v) is 3.33. The van der Waals surface area contributed by atoms with Crippen LogP contribution in [0, 0.1) is 6.92 Å². The van der Waals surface area contributed by atoms with E-state index >= 15 is 0 Å². The van der Waals surface area contributed by atoms with Crippen LogP contribution in [-0.4, -0.2) is 27.3 Å². The van der Waals surface area contributed by atoms with Crippen LogP contribution in [0.25, 0.3) is 0 Å². The number of aromatic nitrogens is 4. The van der Waals surface area contributed by atoms with Crippen LogP contribution in [0.3, 0.4) is 0 Å². The molecule has 2 heterocycles. The Hall–Kier alpha value is -2.89. The van der Waals surface area contributed by atoms with Gasteiger partial charge in [-0.3, -0.25) is 0 Å². The molecule has 2 aromatic carbocycles. The smallest absolute Gasteiger partial charge is 0.243 e. The molecule has 0 fully saturated rings. The minimum atomic E-state index is 0.105. The molecule has 0 radical (unpaired) electrons. The highest BCUT2D eigenvalue weighted by atomic mass is 16.5. The lowest BCUT2D eigenvalue weighted by Gasteiger charge is -2.31. The molecule has 0 aliphatic carbocycles. The van der Waals surface area contributed by atoms with Gasteiger partial charge in [-0.15, -0.1) is 0 Å². The Bertz CT molecular complexity index is 860. The van der Waals surface area contributed by atoms with Gasteiger partial charge in [-0.1, -0.05) is 41.5 Å². The van der Waals surface area contributed by atoms with Crippen molar-refractivity contribution < 1.29 is 4.74 Å². The van der Waals surface area contributed by atoms with Gasteiger partial charge in [0.2, 0.25) is 5.95 Å². The standard InChI is InChI=1S/C18H19N5O/c1-12-6-3-4-9-15(12)17-11-16(19-18-20-21-22-23(17)18)13-7-5-8-14(10-13)24-2/h3-10,16-17H,11H2,1-2H3,(H,19,20,22)/t16-,17+/m1/s1. The van der Waals surface area contributed by atoms with Crippen LogP contribution in [-0.2, 0) is 0 Å². The molecule has 6 heteroatoms. The highest BCUT2D eigenvalue weighted by Gasteiger charge is 2.31. The third-order valence-electron chi connectivity index (χ3n) is 4.59. The lowest BCUT2D eigenvalue weighted by Crippen LogP contribution is -2.28. The number of methoxy groups -OCH3 is 1. The van der Waals surface area contributed by atoms with E-state index in [-0.39, 0.29) is 12.1 Å². The SMILES string of the molecule is COc1cccc([C@H]2C[C@@H](c3ccccc3C)n3nnnc3N2)c1. The monoisotopic (exact) mass is 321 g/mol. The second kappa shape index (κ2) is 5.96. The molecule has 122 valence electrons. The van der Waals surface area contributed by atoms with Crippen LogP contribution in [0.15, 0.2) is 48.5 Å². The summed E-state index contributed by atoms with van der Waals surface area (Å²) in [6.07, 6.45) is 0.871. The second-order valence-electron chi connectivity index (χ2n) is 6.03. The summed E-state index contributed by atoms with van der Waals surface area (Å²) in [5, 5.41) is 15.6. The largest absolute Gasteiger partial charge is 0.497 e. The van der Waals surface area contributed by atoms with E-state index < -0.39 is 0 Å². The predicted octanol–water partition coefficient (Wildman–Crippen LogP) is 3.14. The van der Waals surface area contributed by atoms with Gasteiger partial charge in [0.15, 0.2) is 0 Å². The van der Waals surface area contributed by atoms with Gasteiger partial charge < -0.3 is 10.1 Å². The minimum absolute atomic E-state index is 0.105. The summed E-state index contributed by atoms with van der Waals surface area (Å²) < 4.78 is 7.23. The lowest BCUT2D eigenvalue weighted by atomic mass is 9.91. The van der Waals surface area contributed by atoms with E-state index in [0.717, 1.165) is 12.2 Å². The van der Waals surface area contributed by atoms with Crippen molar-refractivity contribution >= 4 is 5.95 Å². The zero-order valence-corrected chi connectivity index (χ0v) is 13.7. The molecule has 0 saturated carbocycles. The molecule has 24 heavy (non-hydrogen) atoms. The van der Waals surface area contributed by atoms with Crippen molar-refractivity contribution in [2.24, 2.45) is 0 Å². The van der Waals surface area contributed by atoms with Crippen LogP contribution in [0.2, 0.25) is 0 Å². The normalized spacial score (nSPS) is 19.4. The molecule has 0 bridgehead atoms. The third-order valence-corrected chi connectivity index (χ3v) is 4.59. The van der Waals surface area contributed by atoms with E-state index in [1.807, 2.05) is 16.8 Å². The van der Waals surface area contributed by atoms with Crippen molar-refractivity contribution in [3.05, 3.63) is 65.2 Å². The fourth-order valence-electron chi connectivity index (χ4n) is 3.33. The molecule has 4 rings (SSSR count). The van der Waals surface area contributed by atoms with Gasteiger partial charge in [-0.2, -0.15) is 0 Å². The third kappa shape index (κ3) is 2.50. The molecule has 2 atom stereocenters. The van der Waals surface area contributed by atoms with Gasteiger partial charge in [0.25, 0.3) is 0 Å². The Kier molecular flexibility index (Phi) is 3.65. The van der Waals surface area contributed by atoms with Crippen LogP contribution < -0.4 is 10.1 Å². The zero-order valence-electron chi connectivity index (χ0n) is 13.7. The second-order valence-corrected chi connectivity index (χ2v) is 6.03. The molecule has 0 spiro atoms. The van der Waals surface area contributed by atoms with Crippen molar-refractivity contribution in [1.82, 2.24) is 20.2 Å². The summed E-state index contributed by atoms with van der Waals surface area (Å²) in [6.45, 7) is 2.13. The maximum absolute atomic E-state index is 5.36. The van der Waals surface area contributed by atoms with Gasteiger partial charge in [0, 0.05) is 0 Å². The predicted molar refractivity (Wildman–Crippen MR) is 91.1 cm³/mol. The van der Waals surface area contributed by atoms with Crippen LogP contribution in [0.1, 0.15) is 35.2 Å². The number of aryl methyl sites for hydroxylation is 1. The molecule has 6 nitrogen and oxygen atoms in total. The van der Waals surface area contributed by atoms with Crippen LogP contribution in [0.5, 0.6) is 5.75 Å². The van der Waals surface area contributed by atoms with E-state index in [2.05, 4.69) is 64.2 Å². The Balaban J connectivity index is 1.75. The molecule has 1 aliphatic heterocycles. The molecule has 1 aliphatic rings. The molecule has 0 saturated heterocycles. The van der Waals surface area contributed by atoms with Gasteiger partial charge >= 0.3 is 0 Å². The van der Waals surface area contributed by atoms with E-state index in [1.54, 1.807) is 7.11 Å². The Morgan fingerprint density at radius 1 is 1.17 bits per heavy atom. The van der Waals surface area contributed by atoms with Crippen LogP contribution >= 0.6 is 0 Å². The zero-order chi connectivity index (χ0) is 16.5. The van der Waals surface area contributed by atoms with Crippen molar-refractivity contribution in [2.45, 2.75) is 25.4 Å². The van der Waals surface area contributed by atoms with Gasteiger partial charge in [0.1, 0.15) is 5.75 Å². The van der Waals surface area contributed by atoms with Crippen LogP contribution in [0.4, 0.5) is 5.95 Å². The van der Waals surface area contributed by atoms with Crippen molar-refractivity contribution in [1.29, 1.82) is 0 Å². The Morgan fingerprint density at radius 3 is 2.88 bits per heavy atom. The highest BCUT2D eigenvalue weighted by molar-refractivity contribution is 5.41. The highest BCUT2D eigenvalue weighted by Crippen LogP contribution is 2.38. The number of hydrogen-bond acceptors (Lipinski definition) is 5. The van der Waals surface area contributed by atoms with E-state index in [1.165, 1.54) is 16.7 Å². The number of tetrazole rings is 1. The number of nitrogens with one attached hydrogen (secondary N) is 1. The summed E-state index contributed by atoms with van der Waals surface area (Å²) >= 11 is 0. The lowest BCUT2D eigenvalue weighted by molar-refractivity contribution is 0.408. The maximum Gasteiger partial charge on any atom is 0.243 e. The Labute approximate surface area is 140 Å². The first-order valence-corrected chi connectivity index (χ1v) is 8.00. The first-order valence-electron chi connectivity index (χ1n) is 8.00. The topological polar surface area (TPSA) is 64.9 Å². The van der Waals surface area contributed by atoms with E-state index in [0.29, 0.717) is 5.95 Å². The van der Waals surface area contributed by atoms with Gasteiger partial charge in [-0.25, -0.2) is 4.68 Å². The Morgan fingerprint density at radius 2 is 2.04 bits per heavy atom. The number of fused-ring (bicyclic) bond motifs is 1. The molecule has 0 amide bonds. The summed E-state index contributed by atoms with van der Waals surface area (Å²) in [7, 11) is 1.68. The summed E-state index contributed by atoms with van der Waals surface area (Å²) in [6, 6.07) is 16.8. The fraction of sp³-hybridized carbons (Fsp3) is 0.278. The number of rotatable bonds is 3. The first-order chi connectivity index (χ1) is 11.8. The average Bonchev–Trinajstić information content (AvgIpc) is 3.10. The number of nitrogens with zero attached hydrogens (tertiary/aromatic N) is 4. The molecular weight excluding hydrogens is 302 g/mol. The summed E-state index contributed by atoms with van der Waals surface area (Å²) in [5.74, 6) is 1.55. The summed E-state index contributed by atoms with van der Waals surface area (Å²) in [5.41, 5.74) is 3.66. The number of hydrogen-bond donors (Lipinski definition) is 1. The first kappa shape index (κ1) is 14.7.